The summed E-state index contributed by atoms with van der Waals surface area (Å²) in [5, 5.41) is 5.80. The SMILES string of the molecule is C=Cc1c2[nH]c(c1C)/C=C1\N/C(=C3\c4[nH]c(c(C)c4C(=O)[C@@H]3C(=O)OC)/C=c3\[nH]/c(c(C)c3CC)=C\2)[C@@H](CCCOC/C=C(/C)CCCC(C)C)[C@@H]1C. The minimum Gasteiger partial charge on any atom is -0.468 e. The largest absolute Gasteiger partial charge is 0.468 e. The van der Waals surface area contributed by atoms with Gasteiger partial charge in [-0.15, -0.1) is 0 Å². The van der Waals surface area contributed by atoms with Crippen molar-refractivity contribution in [3.63, 3.8) is 0 Å². The fraction of sp³-hybridized carbons (Fsp3) is 0.467. The molecule has 1 fully saturated rings. The first-order valence-corrected chi connectivity index (χ1v) is 19.5. The maximum Gasteiger partial charge on any atom is 0.321 e. The monoisotopic (exact) mass is 718 g/mol. The van der Waals surface area contributed by atoms with E-state index in [-0.39, 0.29) is 17.6 Å². The number of fused-ring (bicyclic) bond motifs is 7. The van der Waals surface area contributed by atoms with Gasteiger partial charge in [0.25, 0.3) is 0 Å². The van der Waals surface area contributed by atoms with Crippen molar-refractivity contribution in [2.45, 2.75) is 93.9 Å². The number of aromatic nitrogens is 3. The molecule has 0 unspecified atom stereocenters. The summed E-state index contributed by atoms with van der Waals surface area (Å²) in [6, 6.07) is 0. The number of hydrogen-bond donors (Lipinski definition) is 4. The third-order valence-corrected chi connectivity index (χ3v) is 11.8. The highest BCUT2D eigenvalue weighted by Crippen LogP contribution is 2.48. The van der Waals surface area contributed by atoms with Gasteiger partial charge in [0, 0.05) is 74.3 Å². The van der Waals surface area contributed by atoms with Crippen LogP contribution in [0.3, 0.4) is 0 Å². The Morgan fingerprint density at radius 2 is 1.72 bits per heavy atom. The number of carbonyl (C=O) groups is 2. The minimum atomic E-state index is -1.05. The lowest BCUT2D eigenvalue weighted by Crippen LogP contribution is -2.25. The maximum atomic E-state index is 14.3. The van der Waals surface area contributed by atoms with Crippen LogP contribution in [0.1, 0.15) is 128 Å². The van der Waals surface area contributed by atoms with E-state index in [1.54, 1.807) is 0 Å². The molecule has 3 aromatic heterocycles. The number of nitrogens with one attached hydrogen (secondary N) is 4. The zero-order valence-corrected chi connectivity index (χ0v) is 33.2. The van der Waals surface area contributed by atoms with E-state index in [1.807, 2.05) is 13.0 Å². The van der Waals surface area contributed by atoms with Gasteiger partial charge in [0.1, 0.15) is 5.92 Å². The topological polar surface area (TPSA) is 112 Å². The van der Waals surface area contributed by atoms with Crippen molar-refractivity contribution in [1.29, 1.82) is 0 Å². The number of ether oxygens (including phenoxy) is 2. The Labute approximate surface area is 314 Å². The molecular weight excluding hydrogens is 661 g/mol. The second-order valence-electron chi connectivity index (χ2n) is 15.6. The molecule has 0 aromatic carbocycles. The molecule has 0 amide bonds. The van der Waals surface area contributed by atoms with Gasteiger partial charge in [-0.25, -0.2) is 0 Å². The molecule has 4 N–H and O–H groups in total. The van der Waals surface area contributed by atoms with Gasteiger partial charge in [0.15, 0.2) is 5.78 Å². The van der Waals surface area contributed by atoms with Crippen molar-refractivity contribution >= 4 is 41.6 Å². The average Bonchev–Trinajstić information content (AvgIpc) is 3.86. The minimum absolute atomic E-state index is 0.0193. The number of hydrogen-bond acceptors (Lipinski definition) is 5. The molecule has 0 radical (unpaired) electrons. The summed E-state index contributed by atoms with van der Waals surface area (Å²) in [5.74, 6) is -0.982. The zero-order valence-electron chi connectivity index (χ0n) is 33.2. The van der Waals surface area contributed by atoms with E-state index in [0.717, 1.165) is 87.5 Å². The second-order valence-corrected chi connectivity index (χ2v) is 15.6. The smallest absolute Gasteiger partial charge is 0.321 e. The molecule has 1 saturated heterocycles. The number of rotatable bonds is 13. The first-order valence-electron chi connectivity index (χ1n) is 19.5. The summed E-state index contributed by atoms with van der Waals surface area (Å²) in [5.41, 5.74) is 13.5. The van der Waals surface area contributed by atoms with E-state index >= 15 is 0 Å². The number of allylic oxidation sites excluding steroid dienone is 3. The highest BCUT2D eigenvalue weighted by Gasteiger charge is 2.48. The van der Waals surface area contributed by atoms with Crippen LogP contribution < -0.4 is 16.0 Å². The van der Waals surface area contributed by atoms with Gasteiger partial charge in [0.05, 0.1) is 19.4 Å². The molecule has 8 bridgehead atoms. The molecule has 282 valence electrons. The van der Waals surface area contributed by atoms with Crippen LogP contribution in [0.5, 0.6) is 0 Å². The van der Waals surface area contributed by atoms with Crippen LogP contribution in [0.15, 0.2) is 29.6 Å². The Hall–Kier alpha value is -4.56. The molecule has 53 heavy (non-hydrogen) atoms. The number of H-pyrrole nitrogens is 3. The molecule has 8 nitrogen and oxygen atoms in total. The van der Waals surface area contributed by atoms with Gasteiger partial charge >= 0.3 is 5.97 Å². The van der Waals surface area contributed by atoms with Gasteiger partial charge in [0.2, 0.25) is 0 Å². The Bertz CT molecular complexity index is 2150. The summed E-state index contributed by atoms with van der Waals surface area (Å²) < 4.78 is 11.4. The van der Waals surface area contributed by atoms with Crippen LogP contribution in [-0.4, -0.2) is 47.0 Å². The van der Waals surface area contributed by atoms with Gasteiger partial charge in [-0.05, 0) is 106 Å². The van der Waals surface area contributed by atoms with Crippen LogP contribution in [0.25, 0.3) is 29.9 Å². The number of Topliss-reactive ketones (excluding diaryl/α,β-unsaturated/α-hetero) is 1. The molecular formula is C45H58N4O4. The lowest BCUT2D eigenvalue weighted by Gasteiger charge is -2.20. The number of methoxy groups -OCH3 is 1. The van der Waals surface area contributed by atoms with E-state index in [9.17, 15) is 9.59 Å². The number of ketones is 1. The number of aromatic amines is 3. The van der Waals surface area contributed by atoms with Crippen LogP contribution in [-0.2, 0) is 20.7 Å². The number of carbonyl (C=O) groups excluding carboxylic acids is 2. The van der Waals surface area contributed by atoms with Gasteiger partial charge in [-0.1, -0.05) is 58.4 Å². The molecule has 3 aromatic rings. The molecule has 6 rings (SSSR count). The van der Waals surface area contributed by atoms with Gasteiger partial charge in [-0.2, -0.15) is 0 Å². The average molecular weight is 719 g/mol. The molecule has 2 aliphatic heterocycles. The lowest BCUT2D eigenvalue weighted by molar-refractivity contribution is -0.141. The number of esters is 1. The van der Waals surface area contributed by atoms with Crippen LogP contribution in [0.2, 0.25) is 0 Å². The first kappa shape index (κ1) is 38.2. The quantitative estimate of drug-likeness (QED) is 0.0621. The molecule has 3 atom stereocenters. The Morgan fingerprint density at radius 1 is 0.981 bits per heavy atom. The van der Waals surface area contributed by atoms with Crippen LogP contribution >= 0.6 is 0 Å². The van der Waals surface area contributed by atoms with Gasteiger partial charge < -0.3 is 29.7 Å². The molecule has 0 saturated carbocycles. The van der Waals surface area contributed by atoms with Crippen molar-refractivity contribution in [3.8, 4) is 0 Å². The normalized spacial score (nSPS) is 23.0. The maximum absolute atomic E-state index is 14.3. The summed E-state index contributed by atoms with van der Waals surface area (Å²) in [7, 11) is 1.36. The van der Waals surface area contributed by atoms with E-state index in [0.29, 0.717) is 30.0 Å². The summed E-state index contributed by atoms with van der Waals surface area (Å²) in [6.07, 6.45) is 16.7. The Kier molecular flexibility index (Phi) is 11.4. The molecule has 5 heterocycles. The molecule has 8 heteroatoms. The summed E-state index contributed by atoms with van der Waals surface area (Å²) in [4.78, 5) is 38.8. The third-order valence-electron chi connectivity index (χ3n) is 11.8. The zero-order chi connectivity index (χ0) is 38.1. The van der Waals surface area contributed by atoms with Crippen LogP contribution in [0, 0.1) is 44.4 Å². The van der Waals surface area contributed by atoms with Crippen molar-refractivity contribution in [2.24, 2.45) is 23.7 Å². The van der Waals surface area contributed by atoms with E-state index in [1.165, 1.54) is 36.7 Å². The third kappa shape index (κ3) is 7.22. The second kappa shape index (κ2) is 15.8. The fourth-order valence-electron chi connectivity index (χ4n) is 8.58. The highest BCUT2D eigenvalue weighted by atomic mass is 16.5. The van der Waals surface area contributed by atoms with Crippen LogP contribution in [0.4, 0.5) is 0 Å². The predicted octanol–water partition coefficient (Wildman–Crippen LogP) is 7.94. The first-order chi connectivity index (χ1) is 25.4. The lowest BCUT2D eigenvalue weighted by atomic mass is 9.85. The molecule has 3 aliphatic rings. The Morgan fingerprint density at radius 3 is 2.42 bits per heavy atom. The molecule has 1 aliphatic carbocycles. The predicted molar refractivity (Wildman–Crippen MR) is 215 cm³/mol. The highest BCUT2D eigenvalue weighted by molar-refractivity contribution is 6.24. The van der Waals surface area contributed by atoms with Crippen molar-refractivity contribution in [2.75, 3.05) is 20.3 Å². The summed E-state index contributed by atoms with van der Waals surface area (Å²) in [6.45, 7) is 22.8. The van der Waals surface area contributed by atoms with E-state index in [4.69, 9.17) is 9.47 Å². The van der Waals surface area contributed by atoms with Crippen molar-refractivity contribution in [3.05, 3.63) is 96.5 Å². The standard InChI is InChI=1S/C45H58N4O4/c1-11-30-26(6)33-21-35-28(8)32(17-14-19-53-20-18-25(5)16-13-15-24(3)4)42(48-35)40-41(45(51)52-10)44(50)39-29(9)36(49-43(39)40)23-38-31(12-2)27(7)34(47-38)22-37(30)46-33/h11,18,21-24,28,32,41,46-49H,1,12-17,19-20H2,2-10H3/b25-18-,34-22-,35-21-,38-23-,42-40-/t28-,32-,41+/m0/s1. The summed E-state index contributed by atoms with van der Waals surface area (Å²) >= 11 is 0. The fourth-order valence-corrected chi connectivity index (χ4v) is 8.58. The van der Waals surface area contributed by atoms with E-state index < -0.39 is 11.9 Å². The van der Waals surface area contributed by atoms with E-state index in [2.05, 4.69) is 99.6 Å². The van der Waals surface area contributed by atoms with Gasteiger partial charge in [-0.3, -0.25) is 9.59 Å². The van der Waals surface area contributed by atoms with Crippen molar-refractivity contribution in [1.82, 2.24) is 20.3 Å². The Balaban J connectivity index is 1.46. The van der Waals surface area contributed by atoms with Crippen molar-refractivity contribution < 1.29 is 19.1 Å². The molecule has 0 spiro atoms.